The molecule has 0 aliphatic carbocycles. The van der Waals surface area contributed by atoms with Crippen LogP contribution < -0.4 is 0 Å². The number of hydrogen-bond donors (Lipinski definition) is 0. The minimum absolute atomic E-state index is 0.235. The maximum Gasteiger partial charge on any atom is 0.123 e. The zero-order valence-electron chi connectivity index (χ0n) is 8.31. The molecule has 16 heavy (non-hydrogen) atoms. The fourth-order valence-electron chi connectivity index (χ4n) is 1.49. The highest BCUT2D eigenvalue weighted by molar-refractivity contribution is 6.34. The molecule has 0 saturated heterocycles. The molecule has 0 atom stereocenters. The van der Waals surface area contributed by atoms with Crippen molar-refractivity contribution < 1.29 is 4.39 Å². The lowest BCUT2D eigenvalue weighted by molar-refractivity contribution is 0.627. The largest absolute Gasteiger partial charge is 0.207 e. The van der Waals surface area contributed by atoms with Crippen molar-refractivity contribution in [3.63, 3.8) is 0 Å². The standard InChI is InChI=1S/C13H8Cl2F/c14-11-6-10(7-12(15)8-11)5-9-1-3-13(16)4-2-9/h1-4,6-7H,5H2. The van der Waals surface area contributed by atoms with E-state index in [-0.39, 0.29) is 5.82 Å². The van der Waals surface area contributed by atoms with Crippen LogP contribution in [-0.4, -0.2) is 0 Å². The van der Waals surface area contributed by atoms with E-state index >= 15 is 0 Å². The molecule has 0 spiro atoms. The van der Waals surface area contributed by atoms with Gasteiger partial charge in [-0.25, -0.2) is 4.39 Å². The molecule has 3 heteroatoms. The van der Waals surface area contributed by atoms with Gasteiger partial charge in [0.15, 0.2) is 0 Å². The van der Waals surface area contributed by atoms with Crippen molar-refractivity contribution >= 4 is 23.2 Å². The van der Waals surface area contributed by atoms with Crippen molar-refractivity contribution in [2.75, 3.05) is 0 Å². The van der Waals surface area contributed by atoms with Crippen LogP contribution in [0.5, 0.6) is 0 Å². The van der Waals surface area contributed by atoms with E-state index in [2.05, 4.69) is 6.07 Å². The maximum atomic E-state index is 12.7. The first-order valence-electron chi connectivity index (χ1n) is 4.75. The topological polar surface area (TPSA) is 0 Å². The molecular weight excluding hydrogens is 246 g/mol. The number of hydrogen-bond acceptors (Lipinski definition) is 0. The maximum absolute atomic E-state index is 12.7. The Kier molecular flexibility index (Phi) is 3.47. The summed E-state index contributed by atoms with van der Waals surface area (Å²) in [5, 5.41) is 0.981. The average Bonchev–Trinajstić information content (AvgIpc) is 2.20. The molecule has 0 unspecified atom stereocenters. The van der Waals surface area contributed by atoms with Crippen LogP contribution in [0.3, 0.4) is 0 Å². The summed E-state index contributed by atoms with van der Waals surface area (Å²) in [5.74, 6) is -0.235. The fraction of sp³-hybridized carbons (Fsp3) is 0.0769. The van der Waals surface area contributed by atoms with Gasteiger partial charge >= 0.3 is 0 Å². The van der Waals surface area contributed by atoms with Crippen LogP contribution in [0.25, 0.3) is 0 Å². The molecule has 81 valence electrons. The van der Waals surface area contributed by atoms with Gasteiger partial charge in [0, 0.05) is 6.07 Å². The summed E-state index contributed by atoms with van der Waals surface area (Å²) in [7, 11) is 0. The van der Waals surface area contributed by atoms with Gasteiger partial charge in [-0.05, 0) is 41.8 Å². The third kappa shape index (κ3) is 2.97. The van der Waals surface area contributed by atoms with Gasteiger partial charge in [0.1, 0.15) is 5.82 Å². The van der Waals surface area contributed by atoms with E-state index in [9.17, 15) is 4.39 Å². The highest BCUT2D eigenvalue weighted by Crippen LogP contribution is 2.20. The molecular formula is C13H8Cl2F. The highest BCUT2D eigenvalue weighted by Gasteiger charge is 2.01. The van der Waals surface area contributed by atoms with Gasteiger partial charge in [-0.15, -0.1) is 0 Å². The summed E-state index contributed by atoms with van der Waals surface area (Å²) in [6.45, 7) is 0. The summed E-state index contributed by atoms with van der Waals surface area (Å²) in [4.78, 5) is 0. The molecule has 1 radical (unpaired) electrons. The van der Waals surface area contributed by atoms with E-state index < -0.39 is 0 Å². The molecule has 0 heterocycles. The molecule has 0 N–H and O–H groups in total. The van der Waals surface area contributed by atoms with Crippen molar-refractivity contribution in [2.24, 2.45) is 0 Å². The van der Waals surface area contributed by atoms with Gasteiger partial charge in [-0.1, -0.05) is 35.3 Å². The Morgan fingerprint density at radius 3 is 2.06 bits per heavy atom. The van der Waals surface area contributed by atoms with E-state index in [1.165, 1.54) is 12.1 Å². The van der Waals surface area contributed by atoms with Crippen LogP contribution in [0, 0.1) is 11.9 Å². The number of halogens is 3. The summed E-state index contributed by atoms with van der Waals surface area (Å²) in [6.07, 6.45) is 0.675. The van der Waals surface area contributed by atoms with Gasteiger partial charge in [0.05, 0.1) is 10.0 Å². The Hall–Kier alpha value is -1.05. The summed E-state index contributed by atoms with van der Waals surface area (Å²) in [6, 6.07) is 12.7. The Morgan fingerprint density at radius 2 is 1.50 bits per heavy atom. The predicted octanol–water partition coefficient (Wildman–Crippen LogP) is 4.52. The zero-order valence-corrected chi connectivity index (χ0v) is 9.82. The van der Waals surface area contributed by atoms with E-state index in [4.69, 9.17) is 23.2 Å². The van der Waals surface area contributed by atoms with Crippen molar-refractivity contribution in [3.05, 3.63) is 69.5 Å². The fourth-order valence-corrected chi connectivity index (χ4v) is 2.03. The molecule has 0 aliphatic rings. The average molecular weight is 254 g/mol. The van der Waals surface area contributed by atoms with Crippen LogP contribution in [0.2, 0.25) is 10.0 Å². The highest BCUT2D eigenvalue weighted by atomic mass is 35.5. The Morgan fingerprint density at radius 1 is 0.938 bits per heavy atom. The molecule has 2 aromatic rings. The lowest BCUT2D eigenvalue weighted by Gasteiger charge is -2.03. The first kappa shape index (κ1) is 11.4. The Labute approximate surface area is 104 Å². The van der Waals surface area contributed by atoms with Gasteiger partial charge in [-0.2, -0.15) is 0 Å². The lowest BCUT2D eigenvalue weighted by atomic mass is 10.1. The number of rotatable bonds is 2. The molecule has 2 aromatic carbocycles. The third-order valence-corrected chi connectivity index (χ3v) is 2.59. The molecule has 2 rings (SSSR count). The monoisotopic (exact) mass is 253 g/mol. The predicted molar refractivity (Wildman–Crippen MR) is 64.5 cm³/mol. The summed E-state index contributed by atoms with van der Waals surface area (Å²) >= 11 is 11.7. The minimum Gasteiger partial charge on any atom is -0.207 e. The SMILES string of the molecule is Fc1ccc(Cc2cc(Cl)[c]c(Cl)c2)cc1. The molecule has 0 saturated carbocycles. The zero-order chi connectivity index (χ0) is 11.5. The Balaban J connectivity index is 2.23. The second kappa shape index (κ2) is 4.86. The smallest absolute Gasteiger partial charge is 0.123 e. The lowest BCUT2D eigenvalue weighted by Crippen LogP contribution is -1.88. The second-order valence-corrected chi connectivity index (χ2v) is 4.30. The van der Waals surface area contributed by atoms with Gasteiger partial charge in [-0.3, -0.25) is 0 Å². The van der Waals surface area contributed by atoms with E-state index in [0.717, 1.165) is 11.1 Å². The van der Waals surface area contributed by atoms with Crippen molar-refractivity contribution in [1.29, 1.82) is 0 Å². The van der Waals surface area contributed by atoms with Crippen LogP contribution >= 0.6 is 23.2 Å². The molecule has 0 nitrogen and oxygen atoms in total. The van der Waals surface area contributed by atoms with Crippen molar-refractivity contribution in [1.82, 2.24) is 0 Å². The third-order valence-electron chi connectivity index (χ3n) is 2.18. The molecule has 0 aromatic heterocycles. The summed E-state index contributed by atoms with van der Waals surface area (Å²) in [5.41, 5.74) is 2.00. The molecule has 0 fully saturated rings. The van der Waals surface area contributed by atoms with Gasteiger partial charge in [0.25, 0.3) is 0 Å². The second-order valence-electron chi connectivity index (χ2n) is 3.49. The van der Waals surface area contributed by atoms with Gasteiger partial charge in [0.2, 0.25) is 0 Å². The van der Waals surface area contributed by atoms with Gasteiger partial charge < -0.3 is 0 Å². The molecule has 0 amide bonds. The van der Waals surface area contributed by atoms with E-state index in [1.807, 2.05) is 0 Å². The Bertz CT molecular complexity index is 472. The normalized spacial score (nSPS) is 10.4. The first-order valence-corrected chi connectivity index (χ1v) is 5.51. The number of benzene rings is 2. The van der Waals surface area contributed by atoms with Crippen LogP contribution in [0.1, 0.15) is 11.1 Å². The minimum atomic E-state index is -0.235. The van der Waals surface area contributed by atoms with Crippen LogP contribution in [0.4, 0.5) is 4.39 Å². The molecule has 0 bridgehead atoms. The van der Waals surface area contributed by atoms with E-state index in [0.29, 0.717) is 16.5 Å². The van der Waals surface area contributed by atoms with E-state index in [1.54, 1.807) is 24.3 Å². The van der Waals surface area contributed by atoms with Crippen molar-refractivity contribution in [2.45, 2.75) is 6.42 Å². The molecule has 0 aliphatic heterocycles. The van der Waals surface area contributed by atoms with Crippen molar-refractivity contribution in [3.8, 4) is 0 Å². The first-order chi connectivity index (χ1) is 7.63. The van der Waals surface area contributed by atoms with Crippen LogP contribution in [-0.2, 0) is 6.42 Å². The van der Waals surface area contributed by atoms with Crippen LogP contribution in [0.15, 0.2) is 36.4 Å². The summed E-state index contributed by atoms with van der Waals surface area (Å²) < 4.78 is 12.7. The quantitative estimate of drug-likeness (QED) is 0.738.